The fraction of sp³-hybridized carbons (Fsp3) is 0.160. The molecule has 0 saturated heterocycles. The van der Waals surface area contributed by atoms with Crippen molar-refractivity contribution in [2.75, 3.05) is 6.26 Å². The predicted octanol–water partition coefficient (Wildman–Crippen LogP) is 6.36. The Balaban J connectivity index is 1.58. The van der Waals surface area contributed by atoms with Gasteiger partial charge in [0.1, 0.15) is 5.82 Å². The number of amides is 2. The van der Waals surface area contributed by atoms with Gasteiger partial charge < -0.3 is 9.84 Å². The zero-order valence-electron chi connectivity index (χ0n) is 18.5. The number of nitrogens with zero attached hydrogens (tertiary/aromatic N) is 3. The standard InChI is InChI=1S/C25H21FN4O2S2/c1-15-21(24-28-23(29-32-24)17-5-9-18(26)10-6-17)22(16-7-11-19(33-2)12-8-16)27-25(31)30(15)14-20-4-3-13-34-20/h3-13,22H,14H2,1-2H3,(H,27,31). The Morgan fingerprint density at radius 3 is 2.59 bits per heavy atom. The molecule has 1 N–H and O–H groups in total. The van der Waals surface area contributed by atoms with Crippen LogP contribution in [0.2, 0.25) is 0 Å². The Bertz CT molecular complexity index is 1330. The number of carbonyl (C=O) groups excluding carboxylic acids is 1. The lowest BCUT2D eigenvalue weighted by molar-refractivity contribution is 0.203. The summed E-state index contributed by atoms with van der Waals surface area (Å²) in [6.07, 6.45) is 2.02. The van der Waals surface area contributed by atoms with E-state index in [2.05, 4.69) is 15.5 Å². The average Bonchev–Trinajstić information content (AvgIpc) is 3.54. The van der Waals surface area contributed by atoms with Crippen molar-refractivity contribution in [2.24, 2.45) is 0 Å². The minimum atomic E-state index is -0.454. The van der Waals surface area contributed by atoms with Gasteiger partial charge in [-0.25, -0.2) is 9.18 Å². The smallest absolute Gasteiger partial charge is 0.322 e. The first-order valence-corrected chi connectivity index (χ1v) is 12.7. The van der Waals surface area contributed by atoms with E-state index < -0.39 is 6.04 Å². The number of nitrogens with one attached hydrogen (secondary N) is 1. The first-order chi connectivity index (χ1) is 16.5. The maximum absolute atomic E-state index is 13.4. The maximum Gasteiger partial charge on any atom is 0.322 e. The van der Waals surface area contributed by atoms with E-state index in [-0.39, 0.29) is 11.8 Å². The van der Waals surface area contributed by atoms with Crippen molar-refractivity contribution in [3.63, 3.8) is 0 Å². The van der Waals surface area contributed by atoms with Crippen molar-refractivity contribution < 1.29 is 13.7 Å². The third-order valence-electron chi connectivity index (χ3n) is 5.70. The molecule has 0 saturated carbocycles. The van der Waals surface area contributed by atoms with E-state index in [1.807, 2.05) is 55.0 Å². The lowest BCUT2D eigenvalue weighted by Gasteiger charge is -2.35. The predicted molar refractivity (Wildman–Crippen MR) is 132 cm³/mol. The first kappa shape index (κ1) is 22.4. The summed E-state index contributed by atoms with van der Waals surface area (Å²) in [5.41, 5.74) is 3.03. The molecule has 172 valence electrons. The van der Waals surface area contributed by atoms with E-state index in [1.165, 1.54) is 12.1 Å². The van der Waals surface area contributed by atoms with Crippen LogP contribution in [-0.2, 0) is 6.54 Å². The quantitative estimate of drug-likeness (QED) is 0.317. The second-order valence-corrected chi connectivity index (χ2v) is 9.66. The van der Waals surface area contributed by atoms with Crippen LogP contribution in [0.5, 0.6) is 0 Å². The minimum Gasteiger partial charge on any atom is -0.334 e. The summed E-state index contributed by atoms with van der Waals surface area (Å²) in [6.45, 7) is 2.34. The molecule has 9 heteroatoms. The number of thiophene rings is 1. The molecule has 0 aliphatic carbocycles. The van der Waals surface area contributed by atoms with Crippen LogP contribution in [-0.4, -0.2) is 27.3 Å². The Kier molecular flexibility index (Phi) is 6.21. The van der Waals surface area contributed by atoms with Gasteiger partial charge in [-0.3, -0.25) is 4.90 Å². The Labute approximate surface area is 204 Å². The number of halogens is 1. The number of rotatable bonds is 6. The zero-order chi connectivity index (χ0) is 23.7. The highest BCUT2D eigenvalue weighted by Crippen LogP contribution is 2.38. The number of thioether (sulfide) groups is 1. The molecule has 2 aromatic heterocycles. The Morgan fingerprint density at radius 1 is 1.15 bits per heavy atom. The molecule has 0 radical (unpaired) electrons. The Morgan fingerprint density at radius 2 is 1.91 bits per heavy atom. The van der Waals surface area contributed by atoms with Crippen LogP contribution in [0.3, 0.4) is 0 Å². The summed E-state index contributed by atoms with van der Waals surface area (Å²) in [6, 6.07) is 17.3. The molecule has 2 aromatic carbocycles. The fourth-order valence-electron chi connectivity index (χ4n) is 3.90. The van der Waals surface area contributed by atoms with Crippen molar-refractivity contribution in [1.29, 1.82) is 0 Å². The SMILES string of the molecule is CSc1ccc(C2NC(=O)N(Cc3cccs3)C(C)=C2c2nc(-c3ccc(F)cc3)no2)cc1. The third kappa shape index (κ3) is 4.36. The minimum absolute atomic E-state index is 0.188. The molecule has 1 aliphatic heterocycles. The highest BCUT2D eigenvalue weighted by molar-refractivity contribution is 7.98. The summed E-state index contributed by atoms with van der Waals surface area (Å²) >= 11 is 3.25. The van der Waals surface area contributed by atoms with Gasteiger partial charge in [0.05, 0.1) is 18.2 Å². The van der Waals surface area contributed by atoms with Gasteiger partial charge in [-0.2, -0.15) is 4.98 Å². The number of hydrogen-bond acceptors (Lipinski definition) is 6. The normalized spacial score (nSPS) is 16.1. The van der Waals surface area contributed by atoms with Gasteiger partial charge in [0.25, 0.3) is 5.89 Å². The van der Waals surface area contributed by atoms with Crippen LogP contribution in [0.1, 0.15) is 29.3 Å². The molecule has 4 aromatic rings. The lowest BCUT2D eigenvalue weighted by atomic mass is 9.94. The summed E-state index contributed by atoms with van der Waals surface area (Å²) in [5.74, 6) is 0.333. The van der Waals surface area contributed by atoms with E-state index >= 15 is 0 Å². The molecule has 0 spiro atoms. The lowest BCUT2D eigenvalue weighted by Crippen LogP contribution is -2.45. The zero-order valence-corrected chi connectivity index (χ0v) is 20.1. The van der Waals surface area contributed by atoms with Crippen molar-refractivity contribution in [2.45, 2.75) is 24.4 Å². The summed E-state index contributed by atoms with van der Waals surface area (Å²) < 4.78 is 19.0. The maximum atomic E-state index is 13.4. The number of allylic oxidation sites excluding steroid dienone is 1. The highest BCUT2D eigenvalue weighted by Gasteiger charge is 2.36. The highest BCUT2D eigenvalue weighted by atomic mass is 32.2. The van der Waals surface area contributed by atoms with Gasteiger partial charge in [-0.1, -0.05) is 23.4 Å². The van der Waals surface area contributed by atoms with Gasteiger partial charge >= 0.3 is 6.03 Å². The molecule has 6 nitrogen and oxygen atoms in total. The molecule has 3 heterocycles. The van der Waals surface area contributed by atoms with E-state index in [1.54, 1.807) is 40.1 Å². The van der Waals surface area contributed by atoms with Crippen LogP contribution in [0.25, 0.3) is 17.0 Å². The van der Waals surface area contributed by atoms with Gasteiger partial charge in [-0.05, 0) is 66.6 Å². The molecule has 0 bridgehead atoms. The molecule has 1 atom stereocenters. The van der Waals surface area contributed by atoms with Crippen molar-refractivity contribution in [1.82, 2.24) is 20.4 Å². The van der Waals surface area contributed by atoms with E-state index in [0.29, 0.717) is 23.8 Å². The first-order valence-electron chi connectivity index (χ1n) is 10.6. The average molecular weight is 493 g/mol. The number of carbonyl (C=O) groups is 1. The van der Waals surface area contributed by atoms with Crippen LogP contribution >= 0.6 is 23.1 Å². The summed E-state index contributed by atoms with van der Waals surface area (Å²) in [7, 11) is 0. The fourth-order valence-corrected chi connectivity index (χ4v) is 5.00. The molecular formula is C25H21FN4O2S2. The van der Waals surface area contributed by atoms with Crippen molar-refractivity contribution in [3.05, 3.63) is 93.9 Å². The molecule has 1 aliphatic rings. The van der Waals surface area contributed by atoms with Crippen molar-refractivity contribution in [3.8, 4) is 11.4 Å². The molecule has 5 rings (SSSR count). The van der Waals surface area contributed by atoms with E-state index in [0.717, 1.165) is 26.6 Å². The number of aromatic nitrogens is 2. The second-order valence-electron chi connectivity index (χ2n) is 7.75. The van der Waals surface area contributed by atoms with E-state index in [4.69, 9.17) is 4.52 Å². The Hall–Kier alpha value is -3.43. The van der Waals surface area contributed by atoms with E-state index in [9.17, 15) is 9.18 Å². The van der Waals surface area contributed by atoms with Crippen LogP contribution in [0.15, 0.2) is 81.2 Å². The molecule has 34 heavy (non-hydrogen) atoms. The second kappa shape index (κ2) is 9.44. The number of urea groups is 1. The summed E-state index contributed by atoms with van der Waals surface area (Å²) in [4.78, 5) is 21.6. The molecule has 2 amide bonds. The van der Waals surface area contributed by atoms with Gasteiger partial charge in [0, 0.05) is 21.0 Å². The number of hydrogen-bond donors (Lipinski definition) is 1. The number of benzene rings is 2. The molecule has 0 fully saturated rings. The molecular weight excluding hydrogens is 471 g/mol. The van der Waals surface area contributed by atoms with Crippen LogP contribution in [0, 0.1) is 5.82 Å². The van der Waals surface area contributed by atoms with Gasteiger partial charge in [-0.15, -0.1) is 23.1 Å². The van der Waals surface area contributed by atoms with Crippen molar-refractivity contribution >= 4 is 34.7 Å². The van der Waals surface area contributed by atoms with Gasteiger partial charge in [0.2, 0.25) is 5.82 Å². The summed E-state index contributed by atoms with van der Waals surface area (Å²) in [5, 5.41) is 9.23. The largest absolute Gasteiger partial charge is 0.334 e. The van der Waals surface area contributed by atoms with Crippen LogP contribution in [0.4, 0.5) is 9.18 Å². The third-order valence-corrected chi connectivity index (χ3v) is 7.30. The van der Waals surface area contributed by atoms with Gasteiger partial charge in [0.15, 0.2) is 0 Å². The molecule has 1 unspecified atom stereocenters. The van der Waals surface area contributed by atoms with Crippen LogP contribution < -0.4 is 5.32 Å². The monoisotopic (exact) mass is 492 g/mol. The topological polar surface area (TPSA) is 71.3 Å².